The van der Waals surface area contributed by atoms with Gasteiger partial charge in [0.2, 0.25) is 15.9 Å². The number of rotatable bonds is 5. The van der Waals surface area contributed by atoms with Crippen LogP contribution in [0.1, 0.15) is 5.56 Å². The fourth-order valence-electron chi connectivity index (χ4n) is 1.95. The van der Waals surface area contributed by atoms with Crippen LogP contribution in [0.3, 0.4) is 0 Å². The Balaban J connectivity index is 1.85. The number of carbonyl (C=O) groups is 1. The number of hydrogen-bond acceptors (Lipinski definition) is 4. The largest absolute Gasteiger partial charge is 0.378 e. The Morgan fingerprint density at radius 1 is 1.24 bits per heavy atom. The van der Waals surface area contributed by atoms with Gasteiger partial charge < -0.3 is 9.64 Å². The number of hydrogen-bond donors (Lipinski definition) is 1. The maximum atomic E-state index is 11.9. The molecule has 0 saturated carbocycles. The molecule has 1 fully saturated rings. The normalized spacial score (nSPS) is 16.0. The number of morpholine rings is 1. The summed E-state index contributed by atoms with van der Waals surface area (Å²) < 4.78 is 31.3. The van der Waals surface area contributed by atoms with Crippen molar-refractivity contribution in [1.82, 2.24) is 9.62 Å². The molecule has 1 amide bonds. The highest BCUT2D eigenvalue weighted by Crippen LogP contribution is 2.11. The van der Waals surface area contributed by atoms with Crippen LogP contribution in [0.15, 0.2) is 24.3 Å². The molecule has 0 unspecified atom stereocenters. The summed E-state index contributed by atoms with van der Waals surface area (Å²) in [6.07, 6.45) is 0. The summed E-state index contributed by atoms with van der Waals surface area (Å²) in [7, 11) is -3.55. The predicted molar refractivity (Wildman–Crippen MR) is 79.5 cm³/mol. The van der Waals surface area contributed by atoms with E-state index in [1.54, 1.807) is 29.2 Å². The molecule has 1 saturated heterocycles. The first-order valence-electron chi connectivity index (χ1n) is 6.53. The van der Waals surface area contributed by atoms with E-state index < -0.39 is 10.0 Å². The van der Waals surface area contributed by atoms with Gasteiger partial charge in [0.15, 0.2) is 0 Å². The summed E-state index contributed by atoms with van der Waals surface area (Å²) in [4.78, 5) is 13.5. The van der Waals surface area contributed by atoms with Crippen LogP contribution in [0, 0.1) is 0 Å². The first kappa shape index (κ1) is 16.2. The summed E-state index contributed by atoms with van der Waals surface area (Å²) in [5.74, 6) is -0.418. The number of nitrogens with zero attached hydrogens (tertiary/aromatic N) is 1. The highest BCUT2D eigenvalue weighted by molar-refractivity contribution is 7.88. The highest BCUT2D eigenvalue weighted by atomic mass is 35.5. The molecule has 6 nitrogen and oxygen atoms in total. The van der Waals surface area contributed by atoms with Crippen LogP contribution < -0.4 is 4.72 Å². The van der Waals surface area contributed by atoms with Crippen molar-refractivity contribution in [1.29, 1.82) is 0 Å². The number of ether oxygens (including phenoxy) is 1. The highest BCUT2D eigenvalue weighted by Gasteiger charge is 2.19. The molecular weight excluding hydrogens is 316 g/mol. The molecule has 0 atom stereocenters. The van der Waals surface area contributed by atoms with Crippen molar-refractivity contribution in [2.24, 2.45) is 0 Å². The topological polar surface area (TPSA) is 75.7 Å². The SMILES string of the molecule is O=C(CNS(=O)(=O)Cc1ccc(Cl)cc1)N1CCOCC1. The van der Waals surface area contributed by atoms with E-state index in [0.717, 1.165) is 0 Å². The van der Waals surface area contributed by atoms with Crippen molar-refractivity contribution < 1.29 is 17.9 Å². The molecule has 0 spiro atoms. The van der Waals surface area contributed by atoms with Gasteiger partial charge in [0.1, 0.15) is 0 Å². The van der Waals surface area contributed by atoms with Crippen LogP contribution in [0.4, 0.5) is 0 Å². The molecule has 1 aliphatic heterocycles. The third-order valence-electron chi connectivity index (χ3n) is 3.08. The van der Waals surface area contributed by atoms with Gasteiger partial charge in [-0.15, -0.1) is 0 Å². The van der Waals surface area contributed by atoms with E-state index in [1.807, 2.05) is 0 Å². The van der Waals surface area contributed by atoms with E-state index in [0.29, 0.717) is 36.9 Å². The number of carbonyl (C=O) groups excluding carboxylic acids is 1. The standard InChI is InChI=1S/C13H17ClN2O4S/c14-12-3-1-11(2-4-12)10-21(18,19)15-9-13(17)16-5-7-20-8-6-16/h1-4,15H,5-10H2. The van der Waals surface area contributed by atoms with Crippen molar-refractivity contribution in [2.45, 2.75) is 5.75 Å². The maximum Gasteiger partial charge on any atom is 0.237 e. The lowest BCUT2D eigenvalue weighted by atomic mass is 10.2. The molecule has 0 aromatic heterocycles. The summed E-state index contributed by atoms with van der Waals surface area (Å²) >= 11 is 5.75. The van der Waals surface area contributed by atoms with Crippen LogP contribution in [0.5, 0.6) is 0 Å². The quantitative estimate of drug-likeness (QED) is 0.857. The molecule has 1 heterocycles. The molecule has 1 aromatic carbocycles. The summed E-state index contributed by atoms with van der Waals surface area (Å²) in [5.41, 5.74) is 0.616. The fraction of sp³-hybridized carbons (Fsp3) is 0.462. The van der Waals surface area contributed by atoms with Crippen molar-refractivity contribution in [3.8, 4) is 0 Å². The average Bonchev–Trinajstić information content (AvgIpc) is 2.48. The lowest BCUT2D eigenvalue weighted by molar-refractivity contribution is -0.133. The van der Waals surface area contributed by atoms with Gasteiger partial charge in [0.05, 0.1) is 25.5 Å². The first-order valence-corrected chi connectivity index (χ1v) is 8.56. The zero-order chi connectivity index (χ0) is 15.3. The van der Waals surface area contributed by atoms with E-state index in [9.17, 15) is 13.2 Å². The average molecular weight is 333 g/mol. The molecule has 8 heteroatoms. The Labute approximate surface area is 129 Å². The third-order valence-corrected chi connectivity index (χ3v) is 4.63. The summed E-state index contributed by atoms with van der Waals surface area (Å²) in [6, 6.07) is 6.55. The van der Waals surface area contributed by atoms with Gasteiger partial charge in [-0.05, 0) is 17.7 Å². The van der Waals surface area contributed by atoms with Gasteiger partial charge in [-0.3, -0.25) is 4.79 Å². The van der Waals surface area contributed by atoms with Crippen LogP contribution in [-0.4, -0.2) is 52.1 Å². The number of amides is 1. The lowest BCUT2D eigenvalue weighted by Crippen LogP contribution is -2.45. The molecule has 1 aromatic rings. The minimum absolute atomic E-state index is 0.180. The Morgan fingerprint density at radius 2 is 1.86 bits per heavy atom. The number of halogens is 1. The minimum Gasteiger partial charge on any atom is -0.378 e. The monoisotopic (exact) mass is 332 g/mol. The molecule has 1 N–H and O–H groups in total. The Morgan fingerprint density at radius 3 is 2.48 bits per heavy atom. The Kier molecular flexibility index (Phi) is 5.58. The van der Waals surface area contributed by atoms with E-state index >= 15 is 0 Å². The fourth-order valence-corrected chi connectivity index (χ4v) is 3.15. The van der Waals surface area contributed by atoms with Crippen molar-refractivity contribution in [3.63, 3.8) is 0 Å². The molecule has 0 radical (unpaired) electrons. The molecule has 2 rings (SSSR count). The second-order valence-corrected chi connectivity index (χ2v) is 6.94. The van der Waals surface area contributed by atoms with Crippen molar-refractivity contribution >= 4 is 27.5 Å². The summed E-state index contributed by atoms with van der Waals surface area (Å²) in [5, 5.41) is 0.548. The van der Waals surface area contributed by atoms with Gasteiger partial charge in [-0.2, -0.15) is 0 Å². The third kappa shape index (κ3) is 5.28. The molecule has 21 heavy (non-hydrogen) atoms. The lowest BCUT2D eigenvalue weighted by Gasteiger charge is -2.26. The van der Waals surface area contributed by atoms with E-state index in [2.05, 4.69) is 4.72 Å². The van der Waals surface area contributed by atoms with Crippen molar-refractivity contribution in [2.75, 3.05) is 32.8 Å². The number of sulfonamides is 1. The smallest absolute Gasteiger partial charge is 0.237 e. The van der Waals surface area contributed by atoms with Gasteiger partial charge in [-0.25, -0.2) is 13.1 Å². The van der Waals surface area contributed by atoms with Crippen molar-refractivity contribution in [3.05, 3.63) is 34.9 Å². The second kappa shape index (κ2) is 7.22. The number of benzene rings is 1. The van der Waals surface area contributed by atoms with Gasteiger partial charge in [0.25, 0.3) is 0 Å². The zero-order valence-electron chi connectivity index (χ0n) is 11.4. The first-order chi connectivity index (χ1) is 9.96. The van der Waals surface area contributed by atoms with Crippen LogP contribution in [-0.2, 0) is 25.3 Å². The van der Waals surface area contributed by atoms with E-state index in [4.69, 9.17) is 16.3 Å². The van der Waals surface area contributed by atoms with E-state index in [1.165, 1.54) is 0 Å². The number of nitrogens with one attached hydrogen (secondary N) is 1. The van der Waals surface area contributed by atoms with Crippen LogP contribution in [0.25, 0.3) is 0 Å². The zero-order valence-corrected chi connectivity index (χ0v) is 13.0. The van der Waals surface area contributed by atoms with Crippen LogP contribution >= 0.6 is 11.6 Å². The van der Waals surface area contributed by atoms with Gasteiger partial charge >= 0.3 is 0 Å². The van der Waals surface area contributed by atoms with E-state index in [-0.39, 0.29) is 18.2 Å². The Bertz CT molecular complexity index is 583. The summed E-state index contributed by atoms with van der Waals surface area (Å²) in [6.45, 7) is 1.75. The second-order valence-electron chi connectivity index (χ2n) is 4.70. The van der Waals surface area contributed by atoms with Gasteiger partial charge in [-0.1, -0.05) is 23.7 Å². The molecular formula is C13H17ClN2O4S. The molecule has 1 aliphatic rings. The maximum absolute atomic E-state index is 11.9. The van der Waals surface area contributed by atoms with Gasteiger partial charge in [0, 0.05) is 18.1 Å². The van der Waals surface area contributed by atoms with Crippen LogP contribution in [0.2, 0.25) is 5.02 Å². The Hall–Kier alpha value is -1.15. The molecule has 116 valence electrons. The predicted octanol–water partition coefficient (Wildman–Crippen LogP) is 0.618. The molecule has 0 aliphatic carbocycles. The molecule has 0 bridgehead atoms. The minimum atomic E-state index is -3.55.